The quantitative estimate of drug-likeness (QED) is 0.180. The van der Waals surface area contributed by atoms with Gasteiger partial charge in [0.2, 0.25) is 0 Å². The first kappa shape index (κ1) is 23.1. The summed E-state index contributed by atoms with van der Waals surface area (Å²) < 4.78 is 13.6. The zero-order valence-corrected chi connectivity index (χ0v) is 18.2. The molecule has 0 aliphatic carbocycles. The maximum atomic E-state index is 13.6. The van der Waals surface area contributed by atoms with Gasteiger partial charge in [-0.2, -0.15) is 0 Å². The first-order valence-corrected chi connectivity index (χ1v) is 8.73. The highest BCUT2D eigenvalue weighted by Crippen LogP contribution is 2.20. The summed E-state index contributed by atoms with van der Waals surface area (Å²) >= 11 is 0. The van der Waals surface area contributed by atoms with Crippen LogP contribution in [-0.4, -0.2) is 48.5 Å². The number of guanidine groups is 1. The molecule has 150 valence electrons. The Morgan fingerprint density at radius 2 is 2.00 bits per heavy atom. The van der Waals surface area contributed by atoms with Crippen molar-refractivity contribution < 1.29 is 14.0 Å². The van der Waals surface area contributed by atoms with Gasteiger partial charge in [0.05, 0.1) is 0 Å². The van der Waals surface area contributed by atoms with Gasteiger partial charge >= 0.3 is 6.03 Å². The molecule has 1 aliphatic heterocycles. The highest BCUT2D eigenvalue weighted by Gasteiger charge is 2.45. The number of rotatable bonds is 7. The molecular formula is C18H27FIN5O2. The number of hydrogen-bond acceptors (Lipinski definition) is 3. The Bertz CT molecular complexity index is 700. The monoisotopic (exact) mass is 491 g/mol. The van der Waals surface area contributed by atoms with Gasteiger partial charge < -0.3 is 16.0 Å². The molecule has 1 aromatic rings. The molecule has 27 heavy (non-hydrogen) atoms. The molecule has 1 aromatic carbocycles. The fraction of sp³-hybridized carbons (Fsp3) is 0.500. The van der Waals surface area contributed by atoms with Crippen LogP contribution >= 0.6 is 24.0 Å². The number of urea groups is 1. The predicted octanol–water partition coefficient (Wildman–Crippen LogP) is 2.22. The van der Waals surface area contributed by atoms with Crippen molar-refractivity contribution in [3.63, 3.8) is 0 Å². The molecule has 1 unspecified atom stereocenters. The number of nitrogens with one attached hydrogen (secondary N) is 3. The van der Waals surface area contributed by atoms with Crippen molar-refractivity contribution in [1.29, 1.82) is 0 Å². The zero-order valence-electron chi connectivity index (χ0n) is 15.8. The summed E-state index contributed by atoms with van der Waals surface area (Å²) in [5.41, 5.74) is -0.254. The number of hydrogen-bond donors (Lipinski definition) is 3. The van der Waals surface area contributed by atoms with Crippen LogP contribution in [0, 0.1) is 5.82 Å². The van der Waals surface area contributed by atoms with Crippen molar-refractivity contribution in [2.24, 2.45) is 4.99 Å². The Balaban J connectivity index is 0.00000364. The smallest absolute Gasteiger partial charge is 0.325 e. The lowest BCUT2D eigenvalue weighted by molar-refractivity contribution is -0.130. The summed E-state index contributed by atoms with van der Waals surface area (Å²) in [7, 11) is 1.63. The normalized spacial score (nSPS) is 19.6. The van der Waals surface area contributed by atoms with E-state index < -0.39 is 5.54 Å². The van der Waals surface area contributed by atoms with E-state index in [0.717, 1.165) is 0 Å². The van der Waals surface area contributed by atoms with Crippen LogP contribution in [0.15, 0.2) is 29.3 Å². The molecule has 3 N–H and O–H groups in total. The van der Waals surface area contributed by atoms with Crippen LogP contribution < -0.4 is 16.0 Å². The fourth-order valence-electron chi connectivity index (χ4n) is 2.68. The lowest BCUT2D eigenvalue weighted by Crippen LogP contribution is -2.43. The molecule has 1 aliphatic rings. The Kier molecular flexibility index (Phi) is 8.94. The van der Waals surface area contributed by atoms with Crippen molar-refractivity contribution >= 4 is 41.9 Å². The van der Waals surface area contributed by atoms with Gasteiger partial charge in [-0.1, -0.05) is 25.1 Å². The molecule has 1 fully saturated rings. The van der Waals surface area contributed by atoms with Gasteiger partial charge in [0.1, 0.15) is 11.4 Å². The molecule has 1 atom stereocenters. The van der Waals surface area contributed by atoms with Gasteiger partial charge in [-0.05, 0) is 25.8 Å². The van der Waals surface area contributed by atoms with E-state index in [1.165, 1.54) is 11.0 Å². The summed E-state index contributed by atoms with van der Waals surface area (Å²) in [6, 6.07) is 6.19. The van der Waals surface area contributed by atoms with Gasteiger partial charge in [-0.25, -0.2) is 9.18 Å². The van der Waals surface area contributed by atoms with E-state index >= 15 is 0 Å². The van der Waals surface area contributed by atoms with Crippen molar-refractivity contribution in [3.8, 4) is 0 Å². The molecule has 0 bridgehead atoms. The molecule has 7 nitrogen and oxygen atoms in total. The zero-order chi connectivity index (χ0) is 19.2. The van der Waals surface area contributed by atoms with Crippen LogP contribution in [0.3, 0.4) is 0 Å². The van der Waals surface area contributed by atoms with Gasteiger partial charge in [-0.15, -0.1) is 24.0 Å². The molecule has 9 heteroatoms. The second-order valence-corrected chi connectivity index (χ2v) is 6.37. The second-order valence-electron chi connectivity index (χ2n) is 6.37. The summed E-state index contributed by atoms with van der Waals surface area (Å²) in [5, 5.41) is 8.86. The third-order valence-corrected chi connectivity index (χ3v) is 4.53. The Hall–Kier alpha value is -1.91. The Morgan fingerprint density at radius 1 is 1.30 bits per heavy atom. The third-order valence-electron chi connectivity index (χ3n) is 4.53. The summed E-state index contributed by atoms with van der Waals surface area (Å²) in [5.74, 6) is 0.0730. The van der Waals surface area contributed by atoms with E-state index in [2.05, 4.69) is 20.9 Å². The van der Waals surface area contributed by atoms with Gasteiger partial charge in [-0.3, -0.25) is 14.7 Å². The Morgan fingerprint density at radius 3 is 2.59 bits per heavy atom. The fourth-order valence-corrected chi connectivity index (χ4v) is 2.68. The molecule has 2 rings (SSSR count). The first-order chi connectivity index (χ1) is 12.4. The van der Waals surface area contributed by atoms with Crippen LogP contribution in [0.1, 0.15) is 32.3 Å². The van der Waals surface area contributed by atoms with Gasteiger partial charge in [0.25, 0.3) is 5.91 Å². The number of nitrogens with zero attached hydrogens (tertiary/aromatic N) is 2. The van der Waals surface area contributed by atoms with Crippen molar-refractivity contribution in [2.75, 3.05) is 20.1 Å². The minimum Gasteiger partial charge on any atom is -0.356 e. The molecule has 1 heterocycles. The van der Waals surface area contributed by atoms with E-state index in [1.807, 2.05) is 6.92 Å². The third kappa shape index (κ3) is 5.78. The maximum absolute atomic E-state index is 13.6. The average molecular weight is 491 g/mol. The lowest BCUT2D eigenvalue weighted by Gasteiger charge is -2.19. The van der Waals surface area contributed by atoms with Crippen molar-refractivity contribution in [2.45, 2.75) is 38.8 Å². The molecule has 0 radical (unpaired) electrons. The highest BCUT2D eigenvalue weighted by atomic mass is 127. The van der Waals surface area contributed by atoms with Gasteiger partial charge in [0.15, 0.2) is 5.96 Å². The van der Waals surface area contributed by atoms with Crippen molar-refractivity contribution in [1.82, 2.24) is 20.9 Å². The van der Waals surface area contributed by atoms with E-state index in [1.54, 1.807) is 32.2 Å². The summed E-state index contributed by atoms with van der Waals surface area (Å²) in [6.45, 7) is 4.77. The molecule has 0 saturated carbocycles. The number of carbonyl (C=O) groups is 2. The summed E-state index contributed by atoms with van der Waals surface area (Å²) in [4.78, 5) is 29.6. The number of aliphatic imine (C=N–C) groups is 1. The summed E-state index contributed by atoms with van der Waals surface area (Å²) in [6.07, 6.45) is 1.14. The molecule has 3 amide bonds. The molecular weight excluding hydrogens is 464 g/mol. The lowest BCUT2D eigenvalue weighted by atomic mass is 9.99. The standard InChI is InChI=1S/C18H26FN5O2.HI/c1-4-18(2)15(25)24(17(26)23-18)11-7-10-21-16(20-3)22-12-13-8-5-6-9-14(13)19;/h5-6,8-9H,4,7,10-12H2,1-3H3,(H,23,26)(H2,20,21,22);1H. The van der Waals surface area contributed by atoms with E-state index in [4.69, 9.17) is 0 Å². The largest absolute Gasteiger partial charge is 0.356 e. The topological polar surface area (TPSA) is 85.8 Å². The number of benzene rings is 1. The van der Waals surface area contributed by atoms with Crippen molar-refractivity contribution in [3.05, 3.63) is 35.6 Å². The number of carbonyl (C=O) groups excluding carboxylic acids is 2. The molecule has 0 spiro atoms. The van der Waals surface area contributed by atoms with E-state index in [9.17, 15) is 14.0 Å². The van der Waals surface area contributed by atoms with Crippen LogP contribution in [0.4, 0.5) is 9.18 Å². The van der Waals surface area contributed by atoms with Crippen LogP contribution in [0.2, 0.25) is 0 Å². The van der Waals surface area contributed by atoms with Crippen LogP contribution in [0.25, 0.3) is 0 Å². The minimum atomic E-state index is -0.804. The minimum absolute atomic E-state index is 0. The van der Waals surface area contributed by atoms with Crippen LogP contribution in [-0.2, 0) is 11.3 Å². The van der Waals surface area contributed by atoms with Crippen LogP contribution in [0.5, 0.6) is 0 Å². The maximum Gasteiger partial charge on any atom is 0.325 e. The predicted molar refractivity (Wildman–Crippen MR) is 114 cm³/mol. The number of halogens is 2. The highest BCUT2D eigenvalue weighted by molar-refractivity contribution is 14.0. The Labute approximate surface area is 176 Å². The van der Waals surface area contributed by atoms with E-state index in [-0.39, 0.29) is 41.7 Å². The second kappa shape index (κ2) is 10.4. The number of imide groups is 1. The van der Waals surface area contributed by atoms with Gasteiger partial charge in [0, 0.05) is 32.2 Å². The SMILES string of the molecule is CCC1(C)NC(=O)N(CCCNC(=NC)NCc2ccccc2F)C1=O.I. The van der Waals surface area contributed by atoms with E-state index in [0.29, 0.717) is 44.0 Å². The average Bonchev–Trinajstić information content (AvgIpc) is 2.85. The molecule has 1 saturated heterocycles. The first-order valence-electron chi connectivity index (χ1n) is 8.73. The number of amides is 3. The molecule has 0 aromatic heterocycles.